The number of benzene rings is 3. The minimum atomic E-state index is -0.0328. The molecule has 1 heterocycles. The molecule has 0 bridgehead atoms. The molecule has 0 saturated carbocycles. The lowest BCUT2D eigenvalue weighted by Crippen LogP contribution is -2.21. The Morgan fingerprint density at radius 2 is 2.03 bits per heavy atom. The Morgan fingerprint density at radius 1 is 1.15 bits per heavy atom. The molecular weight excluding hydrogens is 410 g/mol. The Balaban J connectivity index is 1.48. The van der Waals surface area contributed by atoms with Gasteiger partial charge in [-0.25, -0.2) is 0 Å². The third kappa shape index (κ3) is 3.94. The molecule has 1 aliphatic rings. The molecule has 1 aliphatic carbocycles. The Bertz CT molecular complexity index is 1400. The summed E-state index contributed by atoms with van der Waals surface area (Å²) >= 11 is 0. The van der Waals surface area contributed by atoms with Gasteiger partial charge >= 0.3 is 0 Å². The number of nitrogens with one attached hydrogen (secondary N) is 2. The first kappa shape index (κ1) is 20.8. The molecule has 6 nitrogen and oxygen atoms in total. The van der Waals surface area contributed by atoms with Gasteiger partial charge in [0, 0.05) is 36.3 Å². The predicted molar refractivity (Wildman–Crippen MR) is 130 cm³/mol. The number of H-pyrrole nitrogens is 1. The van der Waals surface area contributed by atoms with Crippen molar-refractivity contribution in [2.45, 2.75) is 25.3 Å². The van der Waals surface area contributed by atoms with Gasteiger partial charge in [0.25, 0.3) is 5.91 Å². The number of nitrogens with zero attached hydrogens (tertiary/aromatic N) is 3. The first-order valence-corrected chi connectivity index (χ1v) is 11.1. The maximum Gasteiger partial charge on any atom is 0.253 e. The van der Waals surface area contributed by atoms with Crippen molar-refractivity contribution in [1.29, 1.82) is 5.26 Å². The molecule has 3 aromatic carbocycles. The molecule has 0 aliphatic heterocycles. The quantitative estimate of drug-likeness (QED) is 0.456. The molecule has 5 rings (SSSR count). The first-order chi connectivity index (χ1) is 16.0. The van der Waals surface area contributed by atoms with Crippen molar-refractivity contribution >= 4 is 22.5 Å². The van der Waals surface area contributed by atoms with Crippen molar-refractivity contribution in [3.63, 3.8) is 0 Å². The van der Waals surface area contributed by atoms with E-state index in [1.54, 1.807) is 19.0 Å². The third-order valence-corrected chi connectivity index (χ3v) is 6.28. The highest BCUT2D eigenvalue weighted by Gasteiger charge is 2.21. The largest absolute Gasteiger partial charge is 0.378 e. The number of aryl methyl sites for hydroxylation is 1. The molecule has 1 aromatic heterocycles. The maximum absolute atomic E-state index is 12.4. The molecule has 4 aromatic rings. The van der Waals surface area contributed by atoms with Crippen LogP contribution in [0.3, 0.4) is 0 Å². The average molecular weight is 436 g/mol. The van der Waals surface area contributed by atoms with E-state index in [1.807, 2.05) is 42.5 Å². The number of hydrogen-bond donors (Lipinski definition) is 2. The second-order valence-corrected chi connectivity index (χ2v) is 8.73. The van der Waals surface area contributed by atoms with Gasteiger partial charge in [-0.2, -0.15) is 10.4 Å². The van der Waals surface area contributed by atoms with Gasteiger partial charge in [0.2, 0.25) is 0 Å². The Morgan fingerprint density at radius 3 is 2.85 bits per heavy atom. The van der Waals surface area contributed by atoms with E-state index in [4.69, 9.17) is 0 Å². The number of rotatable bonds is 4. The monoisotopic (exact) mass is 435 g/mol. The van der Waals surface area contributed by atoms with Crippen LogP contribution in [0.15, 0.2) is 60.7 Å². The molecule has 1 amide bonds. The molecule has 33 heavy (non-hydrogen) atoms. The number of hydrogen-bond acceptors (Lipinski definition) is 4. The van der Waals surface area contributed by atoms with Crippen LogP contribution >= 0.6 is 0 Å². The maximum atomic E-state index is 12.4. The summed E-state index contributed by atoms with van der Waals surface area (Å²) < 4.78 is 0. The number of aromatic amines is 1. The van der Waals surface area contributed by atoms with E-state index >= 15 is 0 Å². The fourth-order valence-electron chi connectivity index (χ4n) is 4.62. The summed E-state index contributed by atoms with van der Waals surface area (Å²) in [5.41, 5.74) is 7.57. The van der Waals surface area contributed by atoms with E-state index < -0.39 is 0 Å². The summed E-state index contributed by atoms with van der Waals surface area (Å²) in [6, 6.07) is 22.2. The molecule has 0 radical (unpaired) electrons. The fraction of sp³-hybridized carbons (Fsp3) is 0.222. The zero-order valence-corrected chi connectivity index (χ0v) is 18.7. The topological polar surface area (TPSA) is 84.8 Å². The van der Waals surface area contributed by atoms with Gasteiger partial charge in [0.1, 0.15) is 0 Å². The van der Waals surface area contributed by atoms with E-state index in [2.05, 4.69) is 39.8 Å². The van der Waals surface area contributed by atoms with Crippen LogP contribution < -0.4 is 5.32 Å². The second kappa shape index (κ2) is 8.44. The van der Waals surface area contributed by atoms with Crippen molar-refractivity contribution < 1.29 is 4.79 Å². The standard InChI is InChI=1S/C27H25N5O/c1-32(2)27(33)20-7-3-6-19(14-20)26-23-15-21(10-12-25(23)30-31-26)29-24-8-4-5-18-13-17(16-28)9-11-22(18)24/h3,6-7,9-15,24,29H,4-5,8H2,1-2H3,(H,30,31)/t24-/m0/s1. The number of carbonyl (C=O) groups excluding carboxylic acids is 1. The smallest absolute Gasteiger partial charge is 0.253 e. The number of amides is 1. The second-order valence-electron chi connectivity index (χ2n) is 8.73. The molecule has 164 valence electrons. The molecule has 0 unspecified atom stereocenters. The zero-order valence-electron chi connectivity index (χ0n) is 18.7. The lowest BCUT2D eigenvalue weighted by molar-refractivity contribution is 0.0827. The van der Waals surface area contributed by atoms with Crippen molar-refractivity contribution in [1.82, 2.24) is 15.1 Å². The van der Waals surface area contributed by atoms with Crippen LogP contribution in [0.2, 0.25) is 0 Å². The lowest BCUT2D eigenvalue weighted by Gasteiger charge is -2.27. The van der Waals surface area contributed by atoms with Crippen LogP contribution in [0.25, 0.3) is 22.2 Å². The first-order valence-electron chi connectivity index (χ1n) is 11.1. The summed E-state index contributed by atoms with van der Waals surface area (Å²) in [5.74, 6) is -0.0328. The summed E-state index contributed by atoms with van der Waals surface area (Å²) in [5, 5.41) is 21.6. The number of carbonyl (C=O) groups is 1. The van der Waals surface area contributed by atoms with Crippen molar-refractivity contribution in [2.24, 2.45) is 0 Å². The molecule has 0 saturated heterocycles. The normalized spacial score (nSPS) is 15.0. The predicted octanol–water partition coefficient (Wildman–Crippen LogP) is 5.29. The van der Waals surface area contributed by atoms with E-state index in [-0.39, 0.29) is 11.9 Å². The third-order valence-electron chi connectivity index (χ3n) is 6.28. The van der Waals surface area contributed by atoms with Crippen molar-refractivity contribution in [3.05, 3.63) is 82.9 Å². The van der Waals surface area contributed by atoms with E-state index in [9.17, 15) is 10.1 Å². The van der Waals surface area contributed by atoms with Crippen LogP contribution in [0, 0.1) is 11.3 Å². The van der Waals surface area contributed by atoms with Gasteiger partial charge in [-0.1, -0.05) is 18.2 Å². The Hall–Kier alpha value is -4.11. The average Bonchev–Trinajstić information content (AvgIpc) is 3.26. The van der Waals surface area contributed by atoms with Gasteiger partial charge in [-0.3, -0.25) is 9.89 Å². The van der Waals surface area contributed by atoms with Gasteiger partial charge < -0.3 is 10.2 Å². The van der Waals surface area contributed by atoms with Crippen molar-refractivity contribution in [2.75, 3.05) is 19.4 Å². The van der Waals surface area contributed by atoms with Crippen LogP contribution in [0.5, 0.6) is 0 Å². The van der Waals surface area contributed by atoms with Crippen LogP contribution in [-0.2, 0) is 6.42 Å². The van der Waals surface area contributed by atoms with E-state index in [1.165, 1.54) is 11.1 Å². The SMILES string of the molecule is CN(C)C(=O)c1cccc(-c2n[nH]c3ccc(N[C@H]4CCCc5cc(C#N)ccc54)cc23)c1. The minimum Gasteiger partial charge on any atom is -0.378 e. The summed E-state index contributed by atoms with van der Waals surface area (Å²) in [7, 11) is 3.50. The lowest BCUT2D eigenvalue weighted by atomic mass is 9.86. The molecule has 0 spiro atoms. The van der Waals surface area contributed by atoms with Gasteiger partial charge in [-0.15, -0.1) is 0 Å². The highest BCUT2D eigenvalue weighted by Crippen LogP contribution is 2.35. The van der Waals surface area contributed by atoms with Crippen LogP contribution in [-0.4, -0.2) is 35.1 Å². The van der Waals surface area contributed by atoms with Gasteiger partial charge in [0.15, 0.2) is 0 Å². The zero-order chi connectivity index (χ0) is 22.9. The summed E-state index contributed by atoms with van der Waals surface area (Å²) in [6.45, 7) is 0. The number of fused-ring (bicyclic) bond motifs is 2. The fourth-order valence-corrected chi connectivity index (χ4v) is 4.62. The van der Waals surface area contributed by atoms with E-state index in [0.29, 0.717) is 11.1 Å². The number of aromatic nitrogens is 2. The van der Waals surface area contributed by atoms with Gasteiger partial charge in [0.05, 0.1) is 28.9 Å². The highest BCUT2D eigenvalue weighted by atomic mass is 16.2. The molecular formula is C27H25N5O. The minimum absolute atomic E-state index is 0.0328. The highest BCUT2D eigenvalue weighted by molar-refractivity contribution is 5.98. The molecule has 0 fully saturated rings. The number of nitriles is 1. The van der Waals surface area contributed by atoms with Crippen molar-refractivity contribution in [3.8, 4) is 17.3 Å². The summed E-state index contributed by atoms with van der Waals surface area (Å²) in [6.07, 6.45) is 3.14. The van der Waals surface area contributed by atoms with E-state index in [0.717, 1.165) is 47.1 Å². The summed E-state index contributed by atoms with van der Waals surface area (Å²) in [4.78, 5) is 14.0. The molecule has 1 atom stereocenters. The van der Waals surface area contributed by atoms with Crippen LogP contribution in [0.1, 0.15) is 45.9 Å². The van der Waals surface area contributed by atoms with Gasteiger partial charge in [-0.05, 0) is 72.9 Å². The Kier molecular flexibility index (Phi) is 5.31. The molecule has 2 N–H and O–H groups in total. The number of anilines is 1. The Labute approximate surface area is 192 Å². The van der Waals surface area contributed by atoms with Crippen LogP contribution in [0.4, 0.5) is 5.69 Å². The molecule has 6 heteroatoms.